The number of nitrogens with two attached hydrogens (primary N) is 1. The summed E-state index contributed by atoms with van der Waals surface area (Å²) in [5, 5.41) is 9.61. The normalized spacial score (nSPS) is 10.8. The first-order valence-electron chi connectivity index (χ1n) is 6.46. The Kier molecular flexibility index (Phi) is 4.34. The fourth-order valence-electron chi connectivity index (χ4n) is 1.87. The average molecular weight is 289 g/mol. The highest BCUT2D eigenvalue weighted by Gasteiger charge is 2.16. The average Bonchev–Trinajstić information content (AvgIpc) is 2.87. The van der Waals surface area contributed by atoms with Gasteiger partial charge in [0.25, 0.3) is 0 Å². The first-order chi connectivity index (χ1) is 9.47. The molecular formula is C14H19N5S. The van der Waals surface area contributed by atoms with Crippen LogP contribution in [-0.4, -0.2) is 21.8 Å². The van der Waals surface area contributed by atoms with Gasteiger partial charge in [0.05, 0.1) is 6.54 Å². The number of nitrogen functional groups attached to an aromatic ring is 1. The van der Waals surface area contributed by atoms with Gasteiger partial charge >= 0.3 is 0 Å². The summed E-state index contributed by atoms with van der Waals surface area (Å²) in [6.07, 6.45) is 0. The van der Waals surface area contributed by atoms with E-state index in [4.69, 9.17) is 11.1 Å². The molecule has 106 valence electrons. The van der Waals surface area contributed by atoms with E-state index in [1.165, 1.54) is 4.88 Å². The summed E-state index contributed by atoms with van der Waals surface area (Å²) in [5.74, 6) is 0.593. The Morgan fingerprint density at radius 1 is 1.45 bits per heavy atom. The molecule has 0 saturated heterocycles. The van der Waals surface area contributed by atoms with Crippen molar-refractivity contribution in [2.75, 3.05) is 4.90 Å². The van der Waals surface area contributed by atoms with Crippen LogP contribution in [0, 0.1) is 12.3 Å². The van der Waals surface area contributed by atoms with Crippen LogP contribution in [0.25, 0.3) is 0 Å². The van der Waals surface area contributed by atoms with Crippen molar-refractivity contribution in [2.24, 2.45) is 5.73 Å². The smallest absolute Gasteiger partial charge is 0.226 e. The van der Waals surface area contributed by atoms with Gasteiger partial charge in [0.1, 0.15) is 11.5 Å². The van der Waals surface area contributed by atoms with Crippen LogP contribution >= 0.6 is 11.3 Å². The molecule has 0 spiro atoms. The Hall–Kier alpha value is -1.95. The van der Waals surface area contributed by atoms with Crippen LogP contribution in [0.1, 0.15) is 30.1 Å². The summed E-state index contributed by atoms with van der Waals surface area (Å²) < 4.78 is 0. The van der Waals surface area contributed by atoms with Crippen LogP contribution in [0.2, 0.25) is 0 Å². The molecule has 0 atom stereocenters. The van der Waals surface area contributed by atoms with Crippen LogP contribution in [0.5, 0.6) is 0 Å². The molecule has 0 aliphatic rings. The minimum Gasteiger partial charge on any atom is -0.382 e. The van der Waals surface area contributed by atoms with E-state index < -0.39 is 0 Å². The number of nitrogens with zero attached hydrogens (tertiary/aromatic N) is 3. The molecule has 2 aromatic heterocycles. The van der Waals surface area contributed by atoms with Crippen LogP contribution in [-0.2, 0) is 6.54 Å². The third kappa shape index (κ3) is 3.33. The van der Waals surface area contributed by atoms with Crippen molar-refractivity contribution in [3.05, 3.63) is 39.8 Å². The van der Waals surface area contributed by atoms with E-state index in [-0.39, 0.29) is 11.9 Å². The molecular weight excluding hydrogens is 270 g/mol. The molecule has 6 heteroatoms. The number of thiophene rings is 1. The first kappa shape index (κ1) is 14.5. The zero-order chi connectivity index (χ0) is 14.7. The number of aromatic nitrogens is 2. The molecule has 0 amide bonds. The fourth-order valence-corrected chi connectivity index (χ4v) is 2.58. The molecule has 0 unspecified atom stereocenters. The zero-order valence-corrected chi connectivity index (χ0v) is 12.7. The molecule has 2 aromatic rings. The Morgan fingerprint density at radius 3 is 2.75 bits per heavy atom. The number of amidine groups is 1. The Morgan fingerprint density at radius 2 is 2.20 bits per heavy atom. The summed E-state index contributed by atoms with van der Waals surface area (Å²) in [6, 6.07) is 6.13. The topological polar surface area (TPSA) is 78.9 Å². The quantitative estimate of drug-likeness (QED) is 0.655. The number of rotatable bonds is 5. The van der Waals surface area contributed by atoms with Gasteiger partial charge < -0.3 is 10.6 Å². The molecule has 20 heavy (non-hydrogen) atoms. The summed E-state index contributed by atoms with van der Waals surface area (Å²) >= 11 is 1.71. The van der Waals surface area contributed by atoms with E-state index in [9.17, 15) is 0 Å². The lowest BCUT2D eigenvalue weighted by Gasteiger charge is -2.26. The third-order valence-corrected chi connectivity index (χ3v) is 3.77. The van der Waals surface area contributed by atoms with Crippen molar-refractivity contribution < 1.29 is 0 Å². The van der Waals surface area contributed by atoms with Gasteiger partial charge in [-0.1, -0.05) is 6.07 Å². The highest BCUT2D eigenvalue weighted by molar-refractivity contribution is 7.09. The Balaban J connectivity index is 2.36. The molecule has 0 aromatic carbocycles. The van der Waals surface area contributed by atoms with Gasteiger partial charge in [0.15, 0.2) is 0 Å². The first-order valence-corrected chi connectivity index (χ1v) is 7.34. The van der Waals surface area contributed by atoms with Crippen molar-refractivity contribution >= 4 is 23.1 Å². The maximum Gasteiger partial charge on any atom is 0.226 e. The third-order valence-electron chi connectivity index (χ3n) is 2.90. The van der Waals surface area contributed by atoms with Gasteiger partial charge in [-0.25, -0.2) is 9.97 Å². The molecule has 0 aliphatic heterocycles. The lowest BCUT2D eigenvalue weighted by molar-refractivity contribution is 0.663. The van der Waals surface area contributed by atoms with E-state index in [1.54, 1.807) is 17.4 Å². The van der Waals surface area contributed by atoms with Crippen LogP contribution < -0.4 is 10.6 Å². The molecule has 2 heterocycles. The van der Waals surface area contributed by atoms with Crippen LogP contribution in [0.3, 0.4) is 0 Å². The van der Waals surface area contributed by atoms with Gasteiger partial charge in [-0.3, -0.25) is 5.41 Å². The summed E-state index contributed by atoms with van der Waals surface area (Å²) in [6.45, 7) is 6.86. The highest BCUT2D eigenvalue weighted by Crippen LogP contribution is 2.19. The van der Waals surface area contributed by atoms with E-state index in [0.29, 0.717) is 11.6 Å². The van der Waals surface area contributed by atoms with Gasteiger partial charge in [0.2, 0.25) is 5.95 Å². The predicted molar refractivity (Wildman–Crippen MR) is 83.4 cm³/mol. The molecule has 3 N–H and O–H groups in total. The lowest BCUT2D eigenvalue weighted by Crippen LogP contribution is -2.32. The number of anilines is 1. The second-order valence-electron chi connectivity index (χ2n) is 4.91. The monoisotopic (exact) mass is 289 g/mol. The second kappa shape index (κ2) is 6.00. The van der Waals surface area contributed by atoms with Crippen molar-refractivity contribution in [1.29, 1.82) is 5.41 Å². The van der Waals surface area contributed by atoms with Crippen LogP contribution in [0.15, 0.2) is 23.6 Å². The summed E-state index contributed by atoms with van der Waals surface area (Å²) in [4.78, 5) is 12.3. The maximum absolute atomic E-state index is 7.54. The van der Waals surface area contributed by atoms with E-state index in [1.807, 2.05) is 13.0 Å². The Bertz CT molecular complexity index is 592. The molecule has 2 rings (SSSR count). The van der Waals surface area contributed by atoms with Crippen molar-refractivity contribution in [1.82, 2.24) is 9.97 Å². The molecule has 0 radical (unpaired) electrons. The largest absolute Gasteiger partial charge is 0.382 e. The van der Waals surface area contributed by atoms with Crippen molar-refractivity contribution in [3.8, 4) is 0 Å². The summed E-state index contributed by atoms with van der Waals surface area (Å²) in [5.41, 5.74) is 6.83. The number of aryl methyl sites for hydroxylation is 1. The van der Waals surface area contributed by atoms with E-state index in [0.717, 1.165) is 12.2 Å². The van der Waals surface area contributed by atoms with Crippen LogP contribution in [0.4, 0.5) is 5.95 Å². The molecule has 0 saturated carbocycles. The van der Waals surface area contributed by atoms with Gasteiger partial charge in [-0.2, -0.15) is 0 Å². The SMILES string of the molecule is Cc1cc(C(=N)N)nc(N(Cc2cccs2)C(C)C)n1. The second-order valence-corrected chi connectivity index (χ2v) is 5.94. The van der Waals surface area contributed by atoms with Crippen molar-refractivity contribution in [2.45, 2.75) is 33.4 Å². The zero-order valence-electron chi connectivity index (χ0n) is 11.9. The molecule has 5 nitrogen and oxygen atoms in total. The van der Waals surface area contributed by atoms with E-state index in [2.05, 4.69) is 40.2 Å². The summed E-state index contributed by atoms with van der Waals surface area (Å²) in [7, 11) is 0. The molecule has 0 aliphatic carbocycles. The van der Waals surface area contributed by atoms with Gasteiger partial charge in [-0.05, 0) is 38.3 Å². The number of nitrogens with one attached hydrogen (secondary N) is 1. The van der Waals surface area contributed by atoms with Gasteiger partial charge in [-0.15, -0.1) is 11.3 Å². The van der Waals surface area contributed by atoms with Crippen molar-refractivity contribution in [3.63, 3.8) is 0 Å². The lowest BCUT2D eigenvalue weighted by atomic mass is 10.3. The Labute approximate surface area is 123 Å². The standard InChI is InChI=1S/C14H19N5S/c1-9(2)19(8-11-5-4-6-20-11)14-17-10(3)7-12(18-14)13(15)16/h4-7,9H,8H2,1-3H3,(H3,15,16). The number of hydrogen-bond acceptors (Lipinski definition) is 5. The molecule has 0 bridgehead atoms. The minimum atomic E-state index is -0.0309. The predicted octanol–water partition coefficient (Wildman–Crippen LogP) is 2.55. The highest BCUT2D eigenvalue weighted by atomic mass is 32.1. The van der Waals surface area contributed by atoms with Gasteiger partial charge in [0, 0.05) is 16.6 Å². The maximum atomic E-state index is 7.54. The fraction of sp³-hybridized carbons (Fsp3) is 0.357. The van der Waals surface area contributed by atoms with E-state index >= 15 is 0 Å². The minimum absolute atomic E-state index is 0.0309. The number of hydrogen-bond donors (Lipinski definition) is 2. The molecule has 0 fully saturated rings.